The molecule has 0 heterocycles. The summed E-state index contributed by atoms with van der Waals surface area (Å²) in [6.45, 7) is 2.32. The molecule has 0 saturated carbocycles. The van der Waals surface area contributed by atoms with Gasteiger partial charge in [0.05, 0.1) is 38.1 Å². The summed E-state index contributed by atoms with van der Waals surface area (Å²) >= 11 is 0. The Morgan fingerprint density at radius 1 is 0.960 bits per heavy atom. The van der Waals surface area contributed by atoms with Crippen molar-refractivity contribution in [2.45, 2.75) is 38.4 Å². The molecule has 0 aliphatic heterocycles. The van der Waals surface area contributed by atoms with E-state index in [0.717, 1.165) is 11.1 Å². The average Bonchev–Trinajstić information content (AvgIpc) is 2.67. The van der Waals surface area contributed by atoms with Gasteiger partial charge in [-0.15, -0.1) is 0 Å². The number of nitrogens with zero attached hydrogens (tertiary/aromatic N) is 3. The standard InChI is InChI=1S/C19H23N3O3/c1-15(24-13-16-8-4-2-5-9-16)19(18(12-23)21-22-20)25-14-17-10-6-3-7-11-17/h2-11,15,18-19,23H,12-14H2,1H3/t15-,18+,19-/m1/s1. The summed E-state index contributed by atoms with van der Waals surface area (Å²) in [4.78, 5) is 2.81. The molecule has 6 nitrogen and oxygen atoms in total. The van der Waals surface area contributed by atoms with Gasteiger partial charge in [-0.2, -0.15) is 0 Å². The molecule has 6 heteroatoms. The monoisotopic (exact) mass is 341 g/mol. The van der Waals surface area contributed by atoms with Crippen molar-refractivity contribution in [2.24, 2.45) is 5.11 Å². The number of hydrogen-bond donors (Lipinski definition) is 1. The van der Waals surface area contributed by atoms with E-state index in [-0.39, 0.29) is 12.7 Å². The molecule has 0 amide bonds. The van der Waals surface area contributed by atoms with Crippen LogP contribution in [0.4, 0.5) is 0 Å². The van der Waals surface area contributed by atoms with Gasteiger partial charge >= 0.3 is 0 Å². The first-order valence-corrected chi connectivity index (χ1v) is 8.20. The van der Waals surface area contributed by atoms with Gasteiger partial charge in [0.15, 0.2) is 0 Å². The molecular weight excluding hydrogens is 318 g/mol. The van der Waals surface area contributed by atoms with Crippen LogP contribution in [-0.4, -0.2) is 30.0 Å². The molecule has 0 aromatic heterocycles. The third-order valence-corrected chi connectivity index (χ3v) is 3.87. The zero-order valence-electron chi connectivity index (χ0n) is 14.2. The second-order valence-corrected chi connectivity index (χ2v) is 5.72. The summed E-state index contributed by atoms with van der Waals surface area (Å²) in [6.07, 6.45) is -0.906. The molecule has 0 unspecified atom stereocenters. The maximum Gasteiger partial charge on any atom is 0.0945 e. The van der Waals surface area contributed by atoms with Crippen LogP contribution in [0.5, 0.6) is 0 Å². The number of benzene rings is 2. The lowest BCUT2D eigenvalue weighted by Gasteiger charge is -2.28. The van der Waals surface area contributed by atoms with Crippen molar-refractivity contribution in [1.29, 1.82) is 0 Å². The Morgan fingerprint density at radius 2 is 1.48 bits per heavy atom. The van der Waals surface area contributed by atoms with Gasteiger partial charge < -0.3 is 14.6 Å². The molecule has 3 atom stereocenters. The lowest BCUT2D eigenvalue weighted by atomic mass is 10.1. The van der Waals surface area contributed by atoms with Crippen LogP contribution >= 0.6 is 0 Å². The second kappa shape index (κ2) is 10.5. The molecule has 0 fully saturated rings. The maximum atomic E-state index is 9.56. The summed E-state index contributed by atoms with van der Waals surface area (Å²) in [5.41, 5.74) is 10.8. The Bertz CT molecular complexity index is 660. The molecule has 0 spiro atoms. The van der Waals surface area contributed by atoms with Gasteiger partial charge in [-0.05, 0) is 23.6 Å². The minimum atomic E-state index is -0.709. The Balaban J connectivity index is 2.02. The van der Waals surface area contributed by atoms with E-state index >= 15 is 0 Å². The number of hydrogen-bond acceptors (Lipinski definition) is 4. The van der Waals surface area contributed by atoms with Crippen LogP contribution in [0.3, 0.4) is 0 Å². The Morgan fingerprint density at radius 3 is 1.96 bits per heavy atom. The van der Waals surface area contributed by atoms with Gasteiger partial charge in [0.25, 0.3) is 0 Å². The van der Waals surface area contributed by atoms with Crippen molar-refractivity contribution in [3.05, 3.63) is 82.2 Å². The predicted octanol–water partition coefficient (Wildman–Crippen LogP) is 3.85. The third kappa shape index (κ3) is 6.21. The van der Waals surface area contributed by atoms with Crippen molar-refractivity contribution in [2.75, 3.05) is 6.61 Å². The lowest BCUT2D eigenvalue weighted by Crippen LogP contribution is -2.40. The normalized spacial score (nSPS) is 14.3. The minimum Gasteiger partial charge on any atom is -0.396 e. The smallest absolute Gasteiger partial charge is 0.0945 e. The molecule has 0 aliphatic rings. The van der Waals surface area contributed by atoms with Crippen molar-refractivity contribution >= 4 is 0 Å². The van der Waals surface area contributed by atoms with E-state index < -0.39 is 12.1 Å². The summed E-state index contributed by atoms with van der Waals surface area (Å²) in [5, 5.41) is 13.2. The van der Waals surface area contributed by atoms with E-state index in [9.17, 15) is 5.11 Å². The van der Waals surface area contributed by atoms with Crippen LogP contribution < -0.4 is 0 Å². The van der Waals surface area contributed by atoms with Crippen LogP contribution in [0.25, 0.3) is 10.4 Å². The molecule has 0 saturated heterocycles. The minimum absolute atomic E-state index is 0.303. The topological polar surface area (TPSA) is 87.5 Å². The number of azide groups is 1. The van der Waals surface area contributed by atoms with Crippen LogP contribution in [-0.2, 0) is 22.7 Å². The fourth-order valence-electron chi connectivity index (χ4n) is 2.50. The van der Waals surface area contributed by atoms with Crippen molar-refractivity contribution in [3.8, 4) is 0 Å². The summed E-state index contributed by atoms with van der Waals surface area (Å²) < 4.78 is 11.8. The van der Waals surface area contributed by atoms with Crippen LogP contribution in [0.15, 0.2) is 65.8 Å². The van der Waals surface area contributed by atoms with Crippen LogP contribution in [0, 0.1) is 0 Å². The lowest BCUT2D eigenvalue weighted by molar-refractivity contribution is -0.0925. The first-order valence-electron chi connectivity index (χ1n) is 8.20. The zero-order valence-corrected chi connectivity index (χ0v) is 14.2. The molecule has 132 valence electrons. The van der Waals surface area contributed by atoms with Gasteiger partial charge in [-0.25, -0.2) is 0 Å². The predicted molar refractivity (Wildman–Crippen MR) is 95.7 cm³/mol. The molecule has 25 heavy (non-hydrogen) atoms. The first-order chi connectivity index (χ1) is 12.2. The molecule has 0 aliphatic carbocycles. The molecule has 0 radical (unpaired) electrons. The van der Waals surface area contributed by atoms with Gasteiger partial charge in [0.2, 0.25) is 0 Å². The maximum absolute atomic E-state index is 9.56. The number of aliphatic hydroxyl groups is 1. The molecule has 0 bridgehead atoms. The summed E-state index contributed by atoms with van der Waals surface area (Å²) in [5.74, 6) is 0. The fourth-order valence-corrected chi connectivity index (χ4v) is 2.50. The Hall–Kier alpha value is -2.37. The highest BCUT2D eigenvalue weighted by Crippen LogP contribution is 2.16. The largest absolute Gasteiger partial charge is 0.396 e. The first kappa shape index (κ1) is 19.0. The van der Waals surface area contributed by atoms with E-state index in [1.807, 2.05) is 67.6 Å². The number of aliphatic hydroxyl groups excluding tert-OH is 1. The molecule has 2 aromatic carbocycles. The highest BCUT2D eigenvalue weighted by molar-refractivity contribution is 5.14. The van der Waals surface area contributed by atoms with Crippen LogP contribution in [0.2, 0.25) is 0 Å². The van der Waals surface area contributed by atoms with Gasteiger partial charge in [0.1, 0.15) is 0 Å². The average molecular weight is 341 g/mol. The van der Waals surface area contributed by atoms with E-state index in [4.69, 9.17) is 15.0 Å². The van der Waals surface area contributed by atoms with Crippen LogP contribution in [0.1, 0.15) is 18.1 Å². The third-order valence-electron chi connectivity index (χ3n) is 3.87. The number of ether oxygens (including phenoxy) is 2. The fraction of sp³-hybridized carbons (Fsp3) is 0.368. The van der Waals surface area contributed by atoms with Gasteiger partial charge in [-0.1, -0.05) is 65.8 Å². The molecular formula is C19H23N3O3. The number of rotatable bonds is 10. The van der Waals surface area contributed by atoms with E-state index in [2.05, 4.69) is 10.0 Å². The van der Waals surface area contributed by atoms with Gasteiger partial charge in [0, 0.05) is 4.91 Å². The molecule has 2 aromatic rings. The van der Waals surface area contributed by atoms with Gasteiger partial charge in [-0.3, -0.25) is 0 Å². The Labute approximate surface area is 147 Å². The SMILES string of the molecule is C[C@@H](OCc1ccccc1)[C@@H](OCc1ccccc1)[C@H](CO)N=[N+]=[N-]. The van der Waals surface area contributed by atoms with Crippen molar-refractivity contribution < 1.29 is 14.6 Å². The summed E-state index contributed by atoms with van der Waals surface area (Å²) in [7, 11) is 0. The molecule has 1 N–H and O–H groups in total. The second-order valence-electron chi connectivity index (χ2n) is 5.72. The van der Waals surface area contributed by atoms with Crippen molar-refractivity contribution in [1.82, 2.24) is 0 Å². The van der Waals surface area contributed by atoms with E-state index in [1.165, 1.54) is 0 Å². The summed E-state index contributed by atoms with van der Waals surface area (Å²) in [6, 6.07) is 18.8. The van der Waals surface area contributed by atoms with E-state index in [0.29, 0.717) is 13.2 Å². The molecule has 2 rings (SSSR count). The zero-order chi connectivity index (χ0) is 17.9. The Kier molecular flexibility index (Phi) is 7.95. The van der Waals surface area contributed by atoms with Crippen molar-refractivity contribution in [3.63, 3.8) is 0 Å². The van der Waals surface area contributed by atoms with E-state index in [1.54, 1.807) is 0 Å². The quantitative estimate of drug-likeness (QED) is 0.404. The highest BCUT2D eigenvalue weighted by Gasteiger charge is 2.27. The highest BCUT2D eigenvalue weighted by atomic mass is 16.5.